The lowest BCUT2D eigenvalue weighted by molar-refractivity contribution is 0.229. The number of aromatic nitrogens is 1. The average Bonchev–Trinajstić information content (AvgIpc) is 2.90. The molecular weight excluding hydrogens is 469 g/mol. The zero-order valence-corrected chi connectivity index (χ0v) is 21.8. The molecule has 4 rings (SSSR count). The van der Waals surface area contributed by atoms with Gasteiger partial charge in [0.25, 0.3) is 0 Å². The highest BCUT2D eigenvalue weighted by atomic mass is 19.1. The predicted molar refractivity (Wildman–Crippen MR) is 147 cm³/mol. The van der Waals surface area contributed by atoms with Gasteiger partial charge < -0.3 is 25.0 Å². The van der Waals surface area contributed by atoms with Gasteiger partial charge in [-0.2, -0.15) is 0 Å². The van der Waals surface area contributed by atoms with E-state index in [1.807, 2.05) is 56.0 Å². The quantitative estimate of drug-likeness (QED) is 0.259. The SMILES string of the molecule is CCOc1cc(OC(C)C)c(F)c(N(Cc2cccc(N3CCCCC3)n2)c2ccc(C(=N)N)cc2)c1. The van der Waals surface area contributed by atoms with Crippen molar-refractivity contribution in [3.05, 3.63) is 71.7 Å². The summed E-state index contributed by atoms with van der Waals surface area (Å²) in [6.45, 7) is 8.37. The highest BCUT2D eigenvalue weighted by Gasteiger charge is 2.22. The highest BCUT2D eigenvalue weighted by Crippen LogP contribution is 2.38. The number of pyridine rings is 1. The molecule has 37 heavy (non-hydrogen) atoms. The van der Waals surface area contributed by atoms with Crippen LogP contribution in [0, 0.1) is 11.2 Å². The number of nitrogen functional groups attached to an aromatic ring is 1. The molecule has 3 aromatic rings. The highest BCUT2D eigenvalue weighted by molar-refractivity contribution is 5.95. The van der Waals surface area contributed by atoms with E-state index in [0.29, 0.717) is 30.2 Å². The summed E-state index contributed by atoms with van der Waals surface area (Å²) in [5, 5.41) is 7.74. The molecule has 0 radical (unpaired) electrons. The maximum absolute atomic E-state index is 16.0. The van der Waals surface area contributed by atoms with E-state index < -0.39 is 5.82 Å². The molecule has 1 saturated heterocycles. The van der Waals surface area contributed by atoms with Crippen molar-refractivity contribution in [2.24, 2.45) is 5.73 Å². The van der Waals surface area contributed by atoms with Crippen LogP contribution >= 0.6 is 0 Å². The minimum atomic E-state index is -0.472. The lowest BCUT2D eigenvalue weighted by Crippen LogP contribution is -2.30. The molecule has 8 heteroatoms. The first-order valence-electron chi connectivity index (χ1n) is 12.9. The van der Waals surface area contributed by atoms with Gasteiger partial charge in [-0.25, -0.2) is 9.37 Å². The molecule has 0 spiro atoms. The number of anilines is 3. The van der Waals surface area contributed by atoms with Crippen molar-refractivity contribution in [1.82, 2.24) is 4.98 Å². The second-order valence-electron chi connectivity index (χ2n) is 9.44. The first-order valence-corrected chi connectivity index (χ1v) is 12.9. The number of piperidine rings is 1. The molecule has 2 aromatic carbocycles. The van der Waals surface area contributed by atoms with Crippen molar-refractivity contribution < 1.29 is 13.9 Å². The van der Waals surface area contributed by atoms with Crippen LogP contribution in [0.15, 0.2) is 54.6 Å². The van der Waals surface area contributed by atoms with E-state index in [4.69, 9.17) is 25.6 Å². The summed E-state index contributed by atoms with van der Waals surface area (Å²) in [6.07, 6.45) is 3.37. The molecule has 2 heterocycles. The second-order valence-corrected chi connectivity index (χ2v) is 9.44. The molecule has 1 aliphatic heterocycles. The third kappa shape index (κ3) is 6.50. The molecule has 1 fully saturated rings. The van der Waals surface area contributed by atoms with Crippen molar-refractivity contribution in [3.8, 4) is 11.5 Å². The van der Waals surface area contributed by atoms with Crippen LogP contribution < -0.4 is 25.0 Å². The molecule has 0 aliphatic carbocycles. The fourth-order valence-corrected chi connectivity index (χ4v) is 4.50. The van der Waals surface area contributed by atoms with Crippen molar-refractivity contribution in [2.45, 2.75) is 52.7 Å². The van der Waals surface area contributed by atoms with Gasteiger partial charge in [-0.1, -0.05) is 6.07 Å². The number of ether oxygens (including phenoxy) is 2. The standard InChI is InChI=1S/C29H36FN5O2/c1-4-36-24-17-25(28(30)26(18-24)37-20(2)3)35(23-13-11-21(12-14-23)29(31)32)19-22-9-8-10-27(33-22)34-15-6-5-7-16-34/h8-14,17-18,20H,4-7,15-16,19H2,1-3H3,(H3,31,32). The Morgan fingerprint density at radius 1 is 1.11 bits per heavy atom. The maximum atomic E-state index is 16.0. The Hall–Kier alpha value is -3.81. The maximum Gasteiger partial charge on any atom is 0.188 e. The average molecular weight is 506 g/mol. The largest absolute Gasteiger partial charge is 0.494 e. The minimum Gasteiger partial charge on any atom is -0.494 e. The Morgan fingerprint density at radius 3 is 2.49 bits per heavy atom. The van der Waals surface area contributed by atoms with Gasteiger partial charge in [-0.15, -0.1) is 0 Å². The van der Waals surface area contributed by atoms with E-state index in [1.54, 1.807) is 24.3 Å². The van der Waals surface area contributed by atoms with Crippen LogP contribution in [-0.2, 0) is 6.54 Å². The van der Waals surface area contributed by atoms with E-state index in [2.05, 4.69) is 4.90 Å². The van der Waals surface area contributed by atoms with Crippen LogP contribution in [0.4, 0.5) is 21.6 Å². The fourth-order valence-electron chi connectivity index (χ4n) is 4.50. The number of benzene rings is 2. The van der Waals surface area contributed by atoms with Crippen LogP contribution in [0.1, 0.15) is 51.3 Å². The van der Waals surface area contributed by atoms with Crippen molar-refractivity contribution in [1.29, 1.82) is 5.41 Å². The van der Waals surface area contributed by atoms with Gasteiger partial charge in [0.1, 0.15) is 17.4 Å². The van der Waals surface area contributed by atoms with Crippen LogP contribution in [0.3, 0.4) is 0 Å². The van der Waals surface area contributed by atoms with Gasteiger partial charge in [0.05, 0.1) is 30.6 Å². The van der Waals surface area contributed by atoms with Gasteiger partial charge in [0, 0.05) is 36.5 Å². The molecule has 1 aliphatic rings. The lowest BCUT2D eigenvalue weighted by atomic mass is 10.1. The van der Waals surface area contributed by atoms with E-state index in [1.165, 1.54) is 6.42 Å². The van der Waals surface area contributed by atoms with E-state index in [-0.39, 0.29) is 17.7 Å². The monoisotopic (exact) mass is 505 g/mol. The van der Waals surface area contributed by atoms with Crippen molar-refractivity contribution in [3.63, 3.8) is 0 Å². The zero-order chi connectivity index (χ0) is 26.4. The number of rotatable bonds is 10. The minimum absolute atomic E-state index is 0.0221. The molecular formula is C29H36FN5O2. The van der Waals surface area contributed by atoms with E-state index in [0.717, 1.165) is 43.1 Å². The summed E-state index contributed by atoms with van der Waals surface area (Å²) < 4.78 is 27.5. The number of hydrogen-bond acceptors (Lipinski definition) is 6. The third-order valence-corrected chi connectivity index (χ3v) is 6.24. The van der Waals surface area contributed by atoms with Crippen LogP contribution in [0.25, 0.3) is 0 Å². The molecule has 0 atom stereocenters. The predicted octanol–water partition coefficient (Wildman–Crippen LogP) is 6.02. The van der Waals surface area contributed by atoms with Crippen LogP contribution in [0.2, 0.25) is 0 Å². The first-order chi connectivity index (χ1) is 17.9. The number of nitrogens with one attached hydrogen (secondary N) is 1. The Kier molecular flexibility index (Phi) is 8.48. The summed E-state index contributed by atoms with van der Waals surface area (Å²) in [5.41, 5.74) is 8.13. The number of amidine groups is 1. The first kappa shape index (κ1) is 26.3. The topological polar surface area (TPSA) is 87.7 Å². The Morgan fingerprint density at radius 2 is 1.84 bits per heavy atom. The molecule has 0 bridgehead atoms. The molecule has 7 nitrogen and oxygen atoms in total. The number of nitrogens with zero attached hydrogens (tertiary/aromatic N) is 3. The molecule has 0 amide bonds. The molecule has 0 saturated carbocycles. The van der Waals surface area contributed by atoms with Crippen LogP contribution in [0.5, 0.6) is 11.5 Å². The molecule has 0 unspecified atom stereocenters. The summed E-state index contributed by atoms with van der Waals surface area (Å²) >= 11 is 0. The number of hydrogen-bond donors (Lipinski definition) is 2. The van der Waals surface area contributed by atoms with Gasteiger partial charge >= 0.3 is 0 Å². The fraction of sp³-hybridized carbons (Fsp3) is 0.379. The second kappa shape index (κ2) is 12.0. The number of nitrogens with two attached hydrogens (primary N) is 1. The van der Waals surface area contributed by atoms with Gasteiger partial charge in [-0.05, 0) is 76.4 Å². The Labute approximate surface area is 218 Å². The summed E-state index contributed by atoms with van der Waals surface area (Å²) in [7, 11) is 0. The van der Waals surface area contributed by atoms with Crippen LogP contribution in [-0.4, -0.2) is 36.6 Å². The summed E-state index contributed by atoms with van der Waals surface area (Å²) in [6, 6.07) is 16.5. The Bertz CT molecular complexity index is 1210. The van der Waals surface area contributed by atoms with Gasteiger partial charge in [0.2, 0.25) is 0 Å². The summed E-state index contributed by atoms with van der Waals surface area (Å²) in [5.74, 6) is 1.11. The Balaban J connectivity index is 1.78. The third-order valence-electron chi connectivity index (χ3n) is 6.24. The van der Waals surface area contributed by atoms with Crippen molar-refractivity contribution >= 4 is 23.0 Å². The molecule has 196 valence electrons. The number of halogens is 1. The normalized spacial score (nSPS) is 13.5. The van der Waals surface area contributed by atoms with Gasteiger partial charge in [0.15, 0.2) is 11.6 Å². The van der Waals surface area contributed by atoms with E-state index in [9.17, 15) is 0 Å². The molecule has 3 N–H and O–H groups in total. The molecule has 1 aromatic heterocycles. The zero-order valence-electron chi connectivity index (χ0n) is 21.8. The lowest BCUT2D eigenvalue weighted by Gasteiger charge is -2.29. The van der Waals surface area contributed by atoms with Gasteiger partial charge in [-0.3, -0.25) is 5.41 Å². The van der Waals surface area contributed by atoms with Crippen molar-refractivity contribution in [2.75, 3.05) is 29.5 Å². The van der Waals surface area contributed by atoms with E-state index >= 15 is 4.39 Å². The summed E-state index contributed by atoms with van der Waals surface area (Å²) in [4.78, 5) is 9.11. The smallest absolute Gasteiger partial charge is 0.188 e.